The van der Waals surface area contributed by atoms with Gasteiger partial charge in [-0.15, -0.1) is 12.4 Å². The molecule has 1 atom stereocenters. The van der Waals surface area contributed by atoms with E-state index in [2.05, 4.69) is 47.0 Å². The zero-order chi connectivity index (χ0) is 25.4. The third-order valence-corrected chi connectivity index (χ3v) is 7.62. The molecule has 1 aliphatic carbocycles. The van der Waals surface area contributed by atoms with E-state index in [1.165, 1.54) is 21.9 Å². The van der Waals surface area contributed by atoms with E-state index in [0.29, 0.717) is 40.4 Å². The standard InChI is InChI=1S/C32H28N2O3.ClH/c35-30-25-10-3-4-11-26(25)31(36)29-17-21(14-15-27(29)30)32(37)33-16-6-5-8-23-18-28-22(19-34-23)13-12-20-7-1-2-9-24(20)28;/h1-4,7,9-15,17,23,34H,5-6,8,16,18-19H2,(H,33,37);1H. The van der Waals surface area contributed by atoms with Crippen LogP contribution in [-0.4, -0.2) is 30.1 Å². The molecular weight excluding hydrogens is 496 g/mol. The molecule has 0 aromatic heterocycles. The van der Waals surface area contributed by atoms with Crippen LogP contribution in [0, 0.1) is 0 Å². The summed E-state index contributed by atoms with van der Waals surface area (Å²) < 4.78 is 0. The van der Waals surface area contributed by atoms with Crippen molar-refractivity contribution in [2.75, 3.05) is 6.54 Å². The highest BCUT2D eigenvalue weighted by molar-refractivity contribution is 6.28. The van der Waals surface area contributed by atoms with Gasteiger partial charge in [-0.1, -0.05) is 67.1 Å². The molecule has 0 saturated carbocycles. The Morgan fingerprint density at radius 3 is 2.34 bits per heavy atom. The molecule has 1 heterocycles. The zero-order valence-electron chi connectivity index (χ0n) is 21.0. The average Bonchev–Trinajstić information content (AvgIpc) is 2.95. The number of amides is 1. The lowest BCUT2D eigenvalue weighted by Gasteiger charge is -2.27. The van der Waals surface area contributed by atoms with Gasteiger partial charge in [0.1, 0.15) is 0 Å². The number of carbonyl (C=O) groups is 3. The molecule has 192 valence electrons. The van der Waals surface area contributed by atoms with Crippen LogP contribution in [-0.2, 0) is 13.0 Å². The average molecular weight is 525 g/mol. The predicted octanol–water partition coefficient (Wildman–Crippen LogP) is 5.65. The highest BCUT2D eigenvalue weighted by Crippen LogP contribution is 2.29. The lowest BCUT2D eigenvalue weighted by atomic mass is 9.83. The number of fused-ring (bicyclic) bond motifs is 5. The minimum atomic E-state index is -0.224. The molecule has 6 rings (SSSR count). The van der Waals surface area contributed by atoms with Gasteiger partial charge in [0.05, 0.1) is 0 Å². The van der Waals surface area contributed by atoms with Gasteiger partial charge in [0.25, 0.3) is 5.91 Å². The van der Waals surface area contributed by atoms with E-state index in [9.17, 15) is 14.4 Å². The Morgan fingerprint density at radius 2 is 1.53 bits per heavy atom. The number of nitrogens with one attached hydrogen (secondary N) is 2. The van der Waals surface area contributed by atoms with Crippen LogP contribution in [0.4, 0.5) is 0 Å². The fourth-order valence-corrected chi connectivity index (χ4v) is 5.63. The summed E-state index contributed by atoms with van der Waals surface area (Å²) in [6.45, 7) is 1.46. The van der Waals surface area contributed by atoms with Crippen LogP contribution >= 0.6 is 12.4 Å². The van der Waals surface area contributed by atoms with E-state index in [4.69, 9.17) is 0 Å². The summed E-state index contributed by atoms with van der Waals surface area (Å²) in [6, 6.07) is 25.0. The molecule has 1 aliphatic heterocycles. The van der Waals surface area contributed by atoms with Gasteiger partial charge < -0.3 is 10.6 Å². The third kappa shape index (κ3) is 4.75. The molecule has 4 aromatic carbocycles. The Balaban J connectivity index is 0.00000294. The van der Waals surface area contributed by atoms with Gasteiger partial charge >= 0.3 is 0 Å². The molecule has 1 unspecified atom stereocenters. The molecule has 38 heavy (non-hydrogen) atoms. The smallest absolute Gasteiger partial charge is 0.251 e. The van der Waals surface area contributed by atoms with Gasteiger partial charge in [-0.25, -0.2) is 0 Å². The Hall–Kier alpha value is -3.80. The van der Waals surface area contributed by atoms with Gasteiger partial charge in [-0.2, -0.15) is 0 Å². The van der Waals surface area contributed by atoms with E-state index < -0.39 is 0 Å². The van der Waals surface area contributed by atoms with Crippen molar-refractivity contribution in [1.29, 1.82) is 0 Å². The molecule has 0 bridgehead atoms. The minimum absolute atomic E-state index is 0. The first-order chi connectivity index (χ1) is 18.1. The number of hydrogen-bond acceptors (Lipinski definition) is 4. The third-order valence-electron chi connectivity index (χ3n) is 7.62. The highest BCUT2D eigenvalue weighted by Gasteiger charge is 2.30. The highest BCUT2D eigenvalue weighted by atomic mass is 35.5. The zero-order valence-corrected chi connectivity index (χ0v) is 21.8. The maximum Gasteiger partial charge on any atom is 0.251 e. The predicted molar refractivity (Wildman–Crippen MR) is 151 cm³/mol. The van der Waals surface area contributed by atoms with Crippen LogP contribution in [0.25, 0.3) is 10.8 Å². The second-order valence-electron chi connectivity index (χ2n) is 9.92. The number of halogens is 1. The second-order valence-corrected chi connectivity index (χ2v) is 9.92. The quantitative estimate of drug-likeness (QED) is 0.281. The number of benzene rings is 4. The summed E-state index contributed by atoms with van der Waals surface area (Å²) >= 11 is 0. The van der Waals surface area contributed by atoms with Crippen molar-refractivity contribution >= 4 is 40.7 Å². The van der Waals surface area contributed by atoms with Crippen LogP contribution in [0.2, 0.25) is 0 Å². The summed E-state index contributed by atoms with van der Waals surface area (Å²) in [5.41, 5.74) is 4.71. The summed E-state index contributed by atoms with van der Waals surface area (Å²) in [5, 5.41) is 9.28. The monoisotopic (exact) mass is 524 g/mol. The normalized spacial score (nSPS) is 15.7. The van der Waals surface area contributed by atoms with E-state index in [0.717, 1.165) is 32.2 Å². The molecule has 6 heteroatoms. The van der Waals surface area contributed by atoms with Crippen LogP contribution in [0.1, 0.15) is 72.6 Å². The van der Waals surface area contributed by atoms with Crippen LogP contribution in [0.3, 0.4) is 0 Å². The number of hydrogen-bond donors (Lipinski definition) is 2. The van der Waals surface area contributed by atoms with Gasteiger partial charge in [-0.3, -0.25) is 14.4 Å². The van der Waals surface area contributed by atoms with Crippen molar-refractivity contribution in [3.8, 4) is 0 Å². The molecule has 0 spiro atoms. The molecule has 0 radical (unpaired) electrons. The van der Waals surface area contributed by atoms with Gasteiger partial charge in [0.15, 0.2) is 11.6 Å². The SMILES string of the molecule is Cl.O=C(NCCCCC1Cc2c(ccc3ccccc23)CN1)c1ccc2c(c1)C(=O)c1ccccc1C2=O. The van der Waals surface area contributed by atoms with Crippen molar-refractivity contribution in [3.05, 3.63) is 118 Å². The Kier molecular flexibility index (Phi) is 7.41. The largest absolute Gasteiger partial charge is 0.352 e. The van der Waals surface area contributed by atoms with Crippen molar-refractivity contribution in [2.45, 2.75) is 38.3 Å². The van der Waals surface area contributed by atoms with Gasteiger partial charge in [0, 0.05) is 46.9 Å². The van der Waals surface area contributed by atoms with Crippen LogP contribution in [0.15, 0.2) is 78.9 Å². The summed E-state index contributed by atoms with van der Waals surface area (Å²) in [5.74, 6) is -0.614. The van der Waals surface area contributed by atoms with E-state index >= 15 is 0 Å². The first kappa shape index (κ1) is 25.8. The maximum atomic E-state index is 12.9. The number of carbonyl (C=O) groups excluding carboxylic acids is 3. The first-order valence-corrected chi connectivity index (χ1v) is 12.9. The molecule has 0 fully saturated rings. The summed E-state index contributed by atoms with van der Waals surface area (Å²) in [7, 11) is 0. The Morgan fingerprint density at radius 1 is 0.816 bits per heavy atom. The molecule has 0 saturated heterocycles. The molecular formula is C32H29ClN2O3. The van der Waals surface area contributed by atoms with Crippen LogP contribution < -0.4 is 10.6 Å². The van der Waals surface area contributed by atoms with E-state index in [1.54, 1.807) is 42.5 Å². The molecule has 5 nitrogen and oxygen atoms in total. The minimum Gasteiger partial charge on any atom is -0.352 e. The first-order valence-electron chi connectivity index (χ1n) is 12.9. The van der Waals surface area contributed by atoms with E-state index in [-0.39, 0.29) is 29.9 Å². The molecule has 4 aromatic rings. The second kappa shape index (κ2) is 10.9. The number of rotatable bonds is 6. The Labute approximate surface area is 228 Å². The number of ketones is 2. The van der Waals surface area contributed by atoms with Crippen LogP contribution in [0.5, 0.6) is 0 Å². The van der Waals surface area contributed by atoms with Crippen molar-refractivity contribution < 1.29 is 14.4 Å². The fourth-order valence-electron chi connectivity index (χ4n) is 5.63. The molecule has 2 N–H and O–H groups in total. The summed E-state index contributed by atoms with van der Waals surface area (Å²) in [4.78, 5) is 38.5. The van der Waals surface area contributed by atoms with Gasteiger partial charge in [-0.05, 0) is 59.4 Å². The lowest BCUT2D eigenvalue weighted by molar-refractivity contribution is 0.0950. The van der Waals surface area contributed by atoms with Crippen molar-refractivity contribution in [2.24, 2.45) is 0 Å². The Bertz CT molecular complexity index is 1560. The molecule has 2 aliphatic rings. The van der Waals surface area contributed by atoms with Crippen molar-refractivity contribution in [1.82, 2.24) is 10.6 Å². The number of unbranched alkanes of at least 4 members (excludes halogenated alkanes) is 1. The van der Waals surface area contributed by atoms with E-state index in [1.807, 2.05) is 0 Å². The maximum absolute atomic E-state index is 12.9. The summed E-state index contributed by atoms with van der Waals surface area (Å²) in [6.07, 6.45) is 3.95. The van der Waals surface area contributed by atoms with Crippen molar-refractivity contribution in [3.63, 3.8) is 0 Å². The molecule has 1 amide bonds. The fraction of sp³-hybridized carbons (Fsp3) is 0.219. The topological polar surface area (TPSA) is 75.3 Å². The lowest BCUT2D eigenvalue weighted by Crippen LogP contribution is -2.35. The van der Waals surface area contributed by atoms with Gasteiger partial charge in [0.2, 0.25) is 0 Å².